The molecule has 4 nitrogen and oxygen atoms in total. The second-order valence-corrected chi connectivity index (χ2v) is 2.97. The van der Waals surface area contributed by atoms with Crippen molar-refractivity contribution >= 4 is 11.1 Å². The predicted molar refractivity (Wildman–Crippen MR) is 43.7 cm³/mol. The Labute approximate surface area is 69.6 Å². The van der Waals surface area contributed by atoms with E-state index in [-0.39, 0.29) is 0 Å². The summed E-state index contributed by atoms with van der Waals surface area (Å²) in [5.41, 5.74) is 0.564. The maximum absolute atomic E-state index is 4.91. The molecule has 4 heteroatoms. The number of rotatable bonds is 1. The molecule has 0 aromatic carbocycles. The summed E-state index contributed by atoms with van der Waals surface area (Å²) in [6.45, 7) is 4.08. The number of fused-ring (bicyclic) bond motifs is 1. The van der Waals surface area contributed by atoms with Crippen LogP contribution in [0.25, 0.3) is 11.1 Å². The number of aromatic nitrogens is 3. The van der Waals surface area contributed by atoms with E-state index < -0.39 is 0 Å². The first-order chi connectivity index (χ1) is 5.77. The first-order valence-electron chi connectivity index (χ1n) is 3.84. The average molecular weight is 163 g/mol. The lowest BCUT2D eigenvalue weighted by Crippen LogP contribution is -1.95. The molecule has 0 aliphatic heterocycles. The smallest absolute Gasteiger partial charge is 0.260 e. The van der Waals surface area contributed by atoms with Gasteiger partial charge >= 0.3 is 0 Å². The molecule has 0 amide bonds. The van der Waals surface area contributed by atoms with Gasteiger partial charge in [-0.2, -0.15) is 4.98 Å². The molecule has 0 fully saturated rings. The highest BCUT2D eigenvalue weighted by atomic mass is 16.5. The molecular formula is C8H9N3O. The molecule has 0 unspecified atom stereocenters. The molecule has 0 radical (unpaired) electrons. The molecule has 0 bridgehead atoms. The Bertz CT molecular complexity index is 394. The van der Waals surface area contributed by atoms with Gasteiger partial charge in [-0.3, -0.25) is 0 Å². The lowest BCUT2D eigenvalue weighted by molar-refractivity contribution is 0.447. The van der Waals surface area contributed by atoms with Crippen molar-refractivity contribution in [2.45, 2.75) is 19.8 Å². The van der Waals surface area contributed by atoms with Crippen LogP contribution in [0.5, 0.6) is 0 Å². The summed E-state index contributed by atoms with van der Waals surface area (Å²) in [5, 5.41) is 4.47. The predicted octanol–water partition coefficient (Wildman–Crippen LogP) is 1.74. The summed E-state index contributed by atoms with van der Waals surface area (Å²) in [6.07, 6.45) is 3.34. The Kier molecular flexibility index (Phi) is 1.53. The highest BCUT2D eigenvalue weighted by Crippen LogP contribution is 2.13. The third kappa shape index (κ3) is 1.05. The normalized spacial score (nSPS) is 11.2. The van der Waals surface area contributed by atoms with Gasteiger partial charge in [0.05, 0.1) is 11.6 Å². The third-order valence-corrected chi connectivity index (χ3v) is 1.65. The monoisotopic (exact) mass is 163 g/mol. The summed E-state index contributed by atoms with van der Waals surface area (Å²) in [6, 6.07) is 0. The lowest BCUT2D eigenvalue weighted by Gasteiger charge is -1.99. The van der Waals surface area contributed by atoms with Crippen LogP contribution < -0.4 is 0 Å². The topological polar surface area (TPSA) is 51.8 Å². The Morgan fingerprint density at radius 2 is 2.17 bits per heavy atom. The van der Waals surface area contributed by atoms with E-state index in [4.69, 9.17) is 4.52 Å². The summed E-state index contributed by atoms with van der Waals surface area (Å²) in [4.78, 5) is 8.36. The zero-order valence-corrected chi connectivity index (χ0v) is 6.98. The van der Waals surface area contributed by atoms with Gasteiger partial charge in [0.25, 0.3) is 5.71 Å². The molecule has 0 aliphatic carbocycles. The average Bonchev–Trinajstić information content (AvgIpc) is 2.49. The molecule has 2 aromatic rings. The molecule has 2 aromatic heterocycles. The van der Waals surface area contributed by atoms with Gasteiger partial charge in [0.1, 0.15) is 5.82 Å². The molecule has 0 N–H and O–H groups in total. The Hall–Kier alpha value is -1.45. The molecule has 62 valence electrons. The van der Waals surface area contributed by atoms with Gasteiger partial charge in [-0.05, 0) is 0 Å². The van der Waals surface area contributed by atoms with E-state index in [1.165, 1.54) is 0 Å². The van der Waals surface area contributed by atoms with Crippen molar-refractivity contribution in [1.82, 2.24) is 15.1 Å². The fourth-order valence-electron chi connectivity index (χ4n) is 0.961. The summed E-state index contributed by atoms with van der Waals surface area (Å²) >= 11 is 0. The van der Waals surface area contributed by atoms with Crippen LogP contribution in [-0.2, 0) is 0 Å². The van der Waals surface area contributed by atoms with E-state index in [1.807, 2.05) is 13.8 Å². The van der Waals surface area contributed by atoms with Gasteiger partial charge in [0.15, 0.2) is 0 Å². The Morgan fingerprint density at radius 1 is 1.33 bits per heavy atom. The lowest BCUT2D eigenvalue weighted by atomic mass is 10.2. The van der Waals surface area contributed by atoms with Crippen molar-refractivity contribution in [3.63, 3.8) is 0 Å². The fraction of sp³-hybridized carbons (Fsp3) is 0.375. The van der Waals surface area contributed by atoms with Gasteiger partial charge in [-0.15, -0.1) is 0 Å². The van der Waals surface area contributed by atoms with Crippen LogP contribution in [0.1, 0.15) is 25.6 Å². The van der Waals surface area contributed by atoms with Gasteiger partial charge in [-0.25, -0.2) is 4.98 Å². The number of hydrogen-bond donors (Lipinski definition) is 0. The van der Waals surface area contributed by atoms with Gasteiger partial charge in [0.2, 0.25) is 0 Å². The molecule has 2 rings (SSSR count). The minimum absolute atomic E-state index is 0.319. The maximum atomic E-state index is 4.91. The third-order valence-electron chi connectivity index (χ3n) is 1.65. The second-order valence-electron chi connectivity index (χ2n) is 2.97. The van der Waals surface area contributed by atoms with Crippen molar-refractivity contribution < 1.29 is 4.52 Å². The van der Waals surface area contributed by atoms with Gasteiger partial charge in [0, 0.05) is 12.1 Å². The van der Waals surface area contributed by atoms with Crippen LogP contribution in [0.15, 0.2) is 16.9 Å². The molecule has 0 saturated heterocycles. The zero-order chi connectivity index (χ0) is 8.55. The van der Waals surface area contributed by atoms with E-state index in [2.05, 4.69) is 15.1 Å². The first-order valence-corrected chi connectivity index (χ1v) is 3.84. The van der Waals surface area contributed by atoms with Crippen molar-refractivity contribution in [2.24, 2.45) is 0 Å². The molecule has 0 aliphatic rings. The Morgan fingerprint density at radius 3 is 2.92 bits per heavy atom. The Balaban J connectivity index is 2.60. The molecule has 0 saturated carbocycles. The van der Waals surface area contributed by atoms with Crippen molar-refractivity contribution in [1.29, 1.82) is 0 Å². The zero-order valence-electron chi connectivity index (χ0n) is 6.98. The van der Waals surface area contributed by atoms with Crippen molar-refractivity contribution in [3.8, 4) is 0 Å². The van der Waals surface area contributed by atoms with E-state index in [9.17, 15) is 0 Å². The molecule has 0 spiro atoms. The summed E-state index contributed by atoms with van der Waals surface area (Å²) in [7, 11) is 0. The number of hydrogen-bond acceptors (Lipinski definition) is 4. The van der Waals surface area contributed by atoms with Crippen LogP contribution in [0, 0.1) is 0 Å². The van der Waals surface area contributed by atoms with E-state index in [0.717, 1.165) is 11.2 Å². The van der Waals surface area contributed by atoms with E-state index in [1.54, 1.807) is 12.4 Å². The van der Waals surface area contributed by atoms with E-state index >= 15 is 0 Å². The van der Waals surface area contributed by atoms with Crippen LogP contribution in [0.3, 0.4) is 0 Å². The maximum Gasteiger partial charge on any atom is 0.260 e. The van der Waals surface area contributed by atoms with Crippen LogP contribution in [0.4, 0.5) is 0 Å². The SMILES string of the molecule is CC(C)c1ncc2cnoc2n1. The molecule has 2 heterocycles. The van der Waals surface area contributed by atoms with Crippen LogP contribution in [-0.4, -0.2) is 15.1 Å². The fourth-order valence-corrected chi connectivity index (χ4v) is 0.961. The summed E-state index contributed by atoms with van der Waals surface area (Å²) in [5.74, 6) is 1.11. The summed E-state index contributed by atoms with van der Waals surface area (Å²) < 4.78 is 4.91. The van der Waals surface area contributed by atoms with Crippen LogP contribution >= 0.6 is 0 Å². The van der Waals surface area contributed by atoms with Crippen molar-refractivity contribution in [2.75, 3.05) is 0 Å². The molecule has 0 atom stereocenters. The van der Waals surface area contributed by atoms with Gasteiger partial charge < -0.3 is 4.52 Å². The minimum Gasteiger partial charge on any atom is -0.336 e. The highest BCUT2D eigenvalue weighted by molar-refractivity contribution is 5.70. The van der Waals surface area contributed by atoms with Crippen LogP contribution in [0.2, 0.25) is 0 Å². The first kappa shape index (κ1) is 7.21. The molecule has 12 heavy (non-hydrogen) atoms. The van der Waals surface area contributed by atoms with E-state index in [0.29, 0.717) is 11.6 Å². The largest absolute Gasteiger partial charge is 0.336 e. The number of nitrogens with zero attached hydrogens (tertiary/aromatic N) is 3. The molecular weight excluding hydrogens is 154 g/mol. The quantitative estimate of drug-likeness (QED) is 0.642. The van der Waals surface area contributed by atoms with Crippen molar-refractivity contribution in [3.05, 3.63) is 18.2 Å². The second kappa shape index (κ2) is 2.55. The van der Waals surface area contributed by atoms with Gasteiger partial charge in [-0.1, -0.05) is 19.0 Å². The standard InChI is InChI=1S/C8H9N3O/c1-5(2)7-9-3-6-4-10-12-8(6)11-7/h3-5H,1-2H3. The highest BCUT2D eigenvalue weighted by Gasteiger charge is 2.05. The minimum atomic E-state index is 0.319.